The van der Waals surface area contributed by atoms with Gasteiger partial charge in [0.2, 0.25) is 0 Å². The highest BCUT2D eigenvalue weighted by atomic mass is 32.2. The summed E-state index contributed by atoms with van der Waals surface area (Å²) < 4.78 is 40.2. The van der Waals surface area contributed by atoms with Crippen molar-refractivity contribution in [3.8, 4) is 0 Å². The summed E-state index contributed by atoms with van der Waals surface area (Å²) in [5.74, 6) is -1.02. The molecule has 2 aromatic carbocycles. The van der Waals surface area contributed by atoms with Crippen molar-refractivity contribution in [2.45, 2.75) is 18.7 Å². The quantitative estimate of drug-likeness (QED) is 0.633. The predicted molar refractivity (Wildman–Crippen MR) is 84.6 cm³/mol. The third kappa shape index (κ3) is 3.16. The molecular formula is C15H15FN2O4S. The van der Waals surface area contributed by atoms with Crippen molar-refractivity contribution in [2.75, 3.05) is 11.4 Å². The van der Waals surface area contributed by atoms with Gasteiger partial charge in [-0.2, -0.15) is 0 Å². The van der Waals surface area contributed by atoms with Gasteiger partial charge in [-0.15, -0.1) is 0 Å². The number of anilines is 1. The van der Waals surface area contributed by atoms with Gasteiger partial charge in [-0.3, -0.25) is 14.4 Å². The molecule has 0 heterocycles. The number of nitrogens with zero attached hydrogens (tertiary/aromatic N) is 2. The van der Waals surface area contributed by atoms with Crippen LogP contribution in [0.1, 0.15) is 11.1 Å². The Labute approximate surface area is 133 Å². The summed E-state index contributed by atoms with van der Waals surface area (Å²) in [6.45, 7) is 3.14. The first-order valence-electron chi connectivity index (χ1n) is 6.64. The smallest absolute Gasteiger partial charge is 0.269 e. The maximum Gasteiger partial charge on any atom is 0.273 e. The van der Waals surface area contributed by atoms with E-state index in [0.717, 1.165) is 22.0 Å². The number of aryl methyl sites for hydroxylation is 2. The van der Waals surface area contributed by atoms with Gasteiger partial charge in [0, 0.05) is 18.7 Å². The van der Waals surface area contributed by atoms with Crippen molar-refractivity contribution >= 4 is 21.4 Å². The van der Waals surface area contributed by atoms with Crippen LogP contribution >= 0.6 is 0 Å². The summed E-state index contributed by atoms with van der Waals surface area (Å²) in [6, 6.07) is 8.26. The van der Waals surface area contributed by atoms with Crippen molar-refractivity contribution in [3.63, 3.8) is 0 Å². The van der Waals surface area contributed by atoms with Gasteiger partial charge in [-0.1, -0.05) is 12.1 Å². The predicted octanol–water partition coefficient (Wildman–Crippen LogP) is 3.18. The molecule has 6 nitrogen and oxygen atoms in total. The molecule has 0 saturated carbocycles. The molecule has 0 atom stereocenters. The van der Waals surface area contributed by atoms with E-state index in [0.29, 0.717) is 5.69 Å². The number of nitro benzene ring substituents is 1. The van der Waals surface area contributed by atoms with E-state index in [-0.39, 0.29) is 5.56 Å². The third-order valence-electron chi connectivity index (χ3n) is 3.45. The minimum atomic E-state index is -4.26. The second-order valence-electron chi connectivity index (χ2n) is 5.14. The normalized spacial score (nSPS) is 11.3. The Morgan fingerprint density at radius 3 is 2.39 bits per heavy atom. The lowest BCUT2D eigenvalue weighted by Crippen LogP contribution is -2.27. The van der Waals surface area contributed by atoms with Gasteiger partial charge >= 0.3 is 0 Å². The highest BCUT2D eigenvalue weighted by molar-refractivity contribution is 7.92. The fourth-order valence-electron chi connectivity index (χ4n) is 2.15. The van der Waals surface area contributed by atoms with Gasteiger partial charge in [0.25, 0.3) is 15.7 Å². The van der Waals surface area contributed by atoms with Crippen molar-refractivity contribution in [2.24, 2.45) is 0 Å². The molecule has 8 heteroatoms. The standard InChI is InChI=1S/C15H15FN2O4S/c1-10-5-4-6-12(7-10)17(3)23(21,22)15-9-14(18(19)20)11(2)8-13(15)16/h4-9H,1-3H3. The molecule has 0 aliphatic carbocycles. The summed E-state index contributed by atoms with van der Waals surface area (Å²) in [6.07, 6.45) is 0. The molecule has 0 aliphatic rings. The minimum absolute atomic E-state index is 0.0599. The van der Waals surface area contributed by atoms with Gasteiger partial charge in [0.15, 0.2) is 0 Å². The van der Waals surface area contributed by atoms with Gasteiger partial charge in [0.1, 0.15) is 10.7 Å². The summed E-state index contributed by atoms with van der Waals surface area (Å²) in [7, 11) is -2.99. The van der Waals surface area contributed by atoms with Crippen molar-refractivity contribution < 1.29 is 17.7 Å². The number of hydrogen-bond donors (Lipinski definition) is 0. The number of benzene rings is 2. The molecule has 0 radical (unpaired) electrons. The van der Waals surface area contributed by atoms with Crippen molar-refractivity contribution in [1.29, 1.82) is 0 Å². The van der Waals surface area contributed by atoms with E-state index in [1.54, 1.807) is 31.2 Å². The van der Waals surface area contributed by atoms with E-state index in [2.05, 4.69) is 0 Å². The average Bonchev–Trinajstić information content (AvgIpc) is 2.45. The van der Waals surface area contributed by atoms with Crippen LogP contribution < -0.4 is 4.31 Å². The Hall–Kier alpha value is -2.48. The lowest BCUT2D eigenvalue weighted by atomic mass is 10.2. The highest BCUT2D eigenvalue weighted by Crippen LogP contribution is 2.29. The number of sulfonamides is 1. The van der Waals surface area contributed by atoms with Crippen LogP contribution in [-0.4, -0.2) is 20.4 Å². The molecule has 0 unspecified atom stereocenters. The Balaban J connectivity index is 2.60. The number of hydrogen-bond acceptors (Lipinski definition) is 4. The van der Waals surface area contributed by atoms with Gasteiger partial charge in [-0.05, 0) is 37.6 Å². The van der Waals surface area contributed by atoms with Crippen LogP contribution in [0.25, 0.3) is 0 Å². The summed E-state index contributed by atoms with van der Waals surface area (Å²) >= 11 is 0. The molecule has 0 aromatic heterocycles. The van der Waals surface area contributed by atoms with Gasteiger partial charge in [-0.25, -0.2) is 12.8 Å². The van der Waals surface area contributed by atoms with E-state index in [9.17, 15) is 22.9 Å². The summed E-state index contributed by atoms with van der Waals surface area (Å²) in [5.41, 5.74) is 0.791. The first-order valence-corrected chi connectivity index (χ1v) is 8.08. The molecule has 0 amide bonds. The largest absolute Gasteiger partial charge is 0.273 e. The Morgan fingerprint density at radius 2 is 1.83 bits per heavy atom. The molecule has 122 valence electrons. The Morgan fingerprint density at radius 1 is 1.17 bits per heavy atom. The maximum absolute atomic E-state index is 14.1. The number of nitro groups is 1. The van der Waals surface area contributed by atoms with Crippen LogP contribution in [0.4, 0.5) is 15.8 Å². The lowest BCUT2D eigenvalue weighted by Gasteiger charge is -2.20. The molecule has 0 spiro atoms. The molecular weight excluding hydrogens is 323 g/mol. The van der Waals surface area contributed by atoms with Crippen LogP contribution in [-0.2, 0) is 10.0 Å². The monoisotopic (exact) mass is 338 g/mol. The first-order chi connectivity index (χ1) is 10.6. The molecule has 2 rings (SSSR count). The van der Waals surface area contributed by atoms with Crippen molar-refractivity contribution in [3.05, 3.63) is 63.5 Å². The Bertz CT molecular complexity index is 881. The van der Waals surface area contributed by atoms with E-state index in [4.69, 9.17) is 0 Å². The zero-order chi connectivity index (χ0) is 17.4. The van der Waals surface area contributed by atoms with E-state index in [1.165, 1.54) is 14.0 Å². The van der Waals surface area contributed by atoms with Gasteiger partial charge in [0.05, 0.1) is 10.6 Å². The zero-order valence-electron chi connectivity index (χ0n) is 12.8. The molecule has 0 saturated heterocycles. The molecule has 0 N–H and O–H groups in total. The molecule has 2 aromatic rings. The summed E-state index contributed by atoms with van der Waals surface area (Å²) in [5, 5.41) is 11.0. The molecule has 0 fully saturated rings. The maximum atomic E-state index is 14.1. The average molecular weight is 338 g/mol. The van der Waals surface area contributed by atoms with Crippen LogP contribution in [0.2, 0.25) is 0 Å². The van der Waals surface area contributed by atoms with E-state index in [1.807, 2.05) is 0 Å². The molecule has 0 aliphatic heterocycles. The second kappa shape index (κ2) is 5.96. The summed E-state index contributed by atoms with van der Waals surface area (Å²) in [4.78, 5) is 9.51. The topological polar surface area (TPSA) is 80.5 Å². The van der Waals surface area contributed by atoms with E-state index >= 15 is 0 Å². The molecule has 0 bridgehead atoms. The van der Waals surface area contributed by atoms with E-state index < -0.39 is 31.3 Å². The SMILES string of the molecule is Cc1cccc(N(C)S(=O)(=O)c2cc([N+](=O)[O-])c(C)cc2F)c1. The van der Waals surface area contributed by atoms with Gasteiger partial charge < -0.3 is 0 Å². The highest BCUT2D eigenvalue weighted by Gasteiger charge is 2.28. The fraction of sp³-hybridized carbons (Fsp3) is 0.200. The van der Waals surface area contributed by atoms with Crippen molar-refractivity contribution in [1.82, 2.24) is 0 Å². The third-order valence-corrected chi connectivity index (χ3v) is 5.25. The lowest BCUT2D eigenvalue weighted by molar-refractivity contribution is -0.385. The van der Waals surface area contributed by atoms with Crippen LogP contribution in [0.3, 0.4) is 0 Å². The van der Waals surface area contributed by atoms with Crippen LogP contribution in [0.15, 0.2) is 41.3 Å². The van der Waals surface area contributed by atoms with Crippen LogP contribution in [0, 0.1) is 29.8 Å². The Kier molecular flexibility index (Phi) is 4.37. The number of rotatable bonds is 4. The number of halogens is 1. The zero-order valence-corrected chi connectivity index (χ0v) is 13.6. The minimum Gasteiger partial charge on any atom is -0.269 e. The second-order valence-corrected chi connectivity index (χ2v) is 7.08. The first kappa shape index (κ1) is 16.9. The van der Waals surface area contributed by atoms with Crippen LogP contribution in [0.5, 0.6) is 0 Å². The fourth-order valence-corrected chi connectivity index (χ4v) is 3.40. The molecule has 23 heavy (non-hydrogen) atoms.